The molecule has 0 radical (unpaired) electrons. The summed E-state index contributed by atoms with van der Waals surface area (Å²) >= 11 is 0. The normalized spacial score (nSPS) is 21.2. The van der Waals surface area contributed by atoms with Crippen molar-refractivity contribution in [2.45, 2.75) is 75.2 Å². The van der Waals surface area contributed by atoms with Crippen LogP contribution in [0.2, 0.25) is 0 Å². The Hall–Kier alpha value is -2.92. The summed E-state index contributed by atoms with van der Waals surface area (Å²) in [5, 5.41) is 14.0. The molecule has 0 unspecified atom stereocenters. The highest BCUT2D eigenvalue weighted by atomic mass is 32.2. The van der Waals surface area contributed by atoms with Crippen LogP contribution in [0.3, 0.4) is 0 Å². The van der Waals surface area contributed by atoms with Crippen LogP contribution in [0, 0.1) is 11.8 Å². The fourth-order valence-electron chi connectivity index (χ4n) is 5.42. The van der Waals surface area contributed by atoms with Gasteiger partial charge in [-0.2, -0.15) is 13.2 Å². The Kier molecular flexibility index (Phi) is 7.49. The van der Waals surface area contributed by atoms with E-state index < -0.39 is 28.0 Å². The molecule has 2 aliphatic rings. The molecule has 0 saturated heterocycles. The second-order valence-corrected chi connectivity index (χ2v) is 12.9. The molecule has 39 heavy (non-hydrogen) atoms. The lowest BCUT2D eigenvalue weighted by atomic mass is 9.79. The second-order valence-electron chi connectivity index (χ2n) is 10.6. The van der Waals surface area contributed by atoms with Crippen LogP contribution in [0.1, 0.15) is 79.3 Å². The van der Waals surface area contributed by atoms with Gasteiger partial charge >= 0.3 is 6.18 Å². The maximum atomic E-state index is 13.1. The first kappa shape index (κ1) is 27.6. The molecule has 2 N–H and O–H groups in total. The number of aliphatic hydroxyl groups excluding tert-OH is 1. The molecule has 0 aliphatic heterocycles. The number of rotatable bonds is 8. The Labute approximate surface area is 225 Å². The molecule has 2 aliphatic carbocycles. The average Bonchev–Trinajstić information content (AvgIpc) is 3.70. The molecule has 7 nitrogen and oxygen atoms in total. The number of sulfone groups is 1. The fraction of sp³-hybridized carbons (Fsp3) is 0.500. The van der Waals surface area contributed by atoms with E-state index in [2.05, 4.69) is 10.3 Å². The van der Waals surface area contributed by atoms with Gasteiger partial charge in [0, 0.05) is 18.2 Å². The molecule has 1 aromatic heterocycles. The van der Waals surface area contributed by atoms with Crippen molar-refractivity contribution in [2.75, 3.05) is 5.75 Å². The highest BCUT2D eigenvalue weighted by Crippen LogP contribution is 2.45. The number of hydrogen-bond donors (Lipinski definition) is 2. The largest absolute Gasteiger partial charge is 0.391 e. The lowest BCUT2D eigenvalue weighted by molar-refractivity contribution is -0.186. The van der Waals surface area contributed by atoms with Gasteiger partial charge in [0.25, 0.3) is 5.91 Å². The monoisotopic (exact) mass is 563 g/mol. The minimum atomic E-state index is -4.20. The van der Waals surface area contributed by atoms with Crippen LogP contribution in [0.25, 0.3) is 11.0 Å². The molecule has 210 valence electrons. The van der Waals surface area contributed by atoms with Gasteiger partial charge in [0.15, 0.2) is 9.84 Å². The summed E-state index contributed by atoms with van der Waals surface area (Å²) in [6, 6.07) is 11.7. The SMILES string of the molecule is CCS(=O)(=O)c1ccc(CNC(=O)c2ccc3c(c2)nc([C@@H](O)C2CCC(C(F)(F)F)CC2)n3C2CC2)cc1. The number of nitrogens with zero attached hydrogens (tertiary/aromatic N) is 2. The third-order valence-corrected chi connectivity index (χ3v) is 9.70. The van der Waals surface area contributed by atoms with Gasteiger partial charge in [-0.15, -0.1) is 0 Å². The smallest absolute Gasteiger partial charge is 0.385 e. The number of imidazole rings is 1. The first-order valence-electron chi connectivity index (χ1n) is 13.3. The van der Waals surface area contributed by atoms with Gasteiger partial charge in [-0.25, -0.2) is 13.4 Å². The van der Waals surface area contributed by atoms with Gasteiger partial charge in [-0.1, -0.05) is 19.1 Å². The van der Waals surface area contributed by atoms with Crippen molar-refractivity contribution in [3.05, 3.63) is 59.4 Å². The van der Waals surface area contributed by atoms with Crippen molar-refractivity contribution in [2.24, 2.45) is 11.8 Å². The topological polar surface area (TPSA) is 101 Å². The van der Waals surface area contributed by atoms with Crippen molar-refractivity contribution in [1.82, 2.24) is 14.9 Å². The molecule has 3 aromatic rings. The molecular weight excluding hydrogens is 531 g/mol. The van der Waals surface area contributed by atoms with Gasteiger partial charge in [0.05, 0.1) is 27.6 Å². The number of benzene rings is 2. The fourth-order valence-corrected chi connectivity index (χ4v) is 6.31. The van der Waals surface area contributed by atoms with E-state index in [-0.39, 0.29) is 60.7 Å². The van der Waals surface area contributed by atoms with Crippen LogP contribution in [-0.4, -0.2) is 40.9 Å². The van der Waals surface area contributed by atoms with E-state index in [1.54, 1.807) is 37.3 Å². The van der Waals surface area contributed by atoms with Crippen LogP contribution < -0.4 is 5.32 Å². The summed E-state index contributed by atoms with van der Waals surface area (Å²) in [5.74, 6) is -1.45. The van der Waals surface area contributed by atoms with Gasteiger partial charge in [0.2, 0.25) is 0 Å². The molecule has 5 rings (SSSR count). The zero-order chi connectivity index (χ0) is 27.9. The number of amides is 1. The van der Waals surface area contributed by atoms with Crippen LogP contribution >= 0.6 is 0 Å². The number of nitrogens with one attached hydrogen (secondary N) is 1. The van der Waals surface area contributed by atoms with Crippen molar-refractivity contribution in [3.8, 4) is 0 Å². The number of halogens is 3. The van der Waals surface area contributed by atoms with Crippen molar-refractivity contribution >= 4 is 26.8 Å². The maximum Gasteiger partial charge on any atom is 0.391 e. The van der Waals surface area contributed by atoms with Crippen molar-refractivity contribution < 1.29 is 31.5 Å². The van der Waals surface area contributed by atoms with E-state index in [0.29, 0.717) is 16.9 Å². The minimum Gasteiger partial charge on any atom is -0.385 e. The zero-order valence-electron chi connectivity index (χ0n) is 21.6. The number of hydrogen-bond acceptors (Lipinski definition) is 5. The summed E-state index contributed by atoms with van der Waals surface area (Å²) in [6.45, 7) is 1.80. The maximum absolute atomic E-state index is 13.1. The van der Waals surface area contributed by atoms with Crippen LogP contribution in [-0.2, 0) is 16.4 Å². The summed E-state index contributed by atoms with van der Waals surface area (Å²) in [4.78, 5) is 17.8. The van der Waals surface area contributed by atoms with Crippen molar-refractivity contribution in [1.29, 1.82) is 0 Å². The van der Waals surface area contributed by atoms with Gasteiger partial charge in [-0.3, -0.25) is 4.79 Å². The Balaban J connectivity index is 1.30. The van der Waals surface area contributed by atoms with Gasteiger partial charge < -0.3 is 15.0 Å². The average molecular weight is 564 g/mol. The third-order valence-electron chi connectivity index (χ3n) is 7.95. The van der Waals surface area contributed by atoms with E-state index in [1.165, 1.54) is 12.1 Å². The third kappa shape index (κ3) is 5.84. The van der Waals surface area contributed by atoms with E-state index in [0.717, 1.165) is 23.9 Å². The minimum absolute atomic E-state index is 0.0103. The zero-order valence-corrected chi connectivity index (χ0v) is 22.4. The van der Waals surface area contributed by atoms with Gasteiger partial charge in [-0.05, 0) is 80.3 Å². The van der Waals surface area contributed by atoms with Gasteiger partial charge in [0.1, 0.15) is 11.9 Å². The lowest BCUT2D eigenvalue weighted by Crippen LogP contribution is -2.30. The predicted octanol–water partition coefficient (Wildman–Crippen LogP) is 5.50. The van der Waals surface area contributed by atoms with E-state index >= 15 is 0 Å². The summed E-state index contributed by atoms with van der Waals surface area (Å²) in [6.07, 6.45) is -2.70. The molecule has 2 aromatic carbocycles. The summed E-state index contributed by atoms with van der Waals surface area (Å²) < 4.78 is 65.3. The molecule has 2 fully saturated rings. The molecule has 2 saturated carbocycles. The number of aromatic nitrogens is 2. The molecule has 0 spiro atoms. The van der Waals surface area contributed by atoms with Crippen LogP contribution in [0.5, 0.6) is 0 Å². The highest BCUT2D eigenvalue weighted by Gasteiger charge is 2.43. The number of aliphatic hydroxyl groups is 1. The molecule has 11 heteroatoms. The Bertz CT molecular complexity index is 1460. The second kappa shape index (κ2) is 10.6. The number of carbonyl (C=O) groups is 1. The predicted molar refractivity (Wildman–Crippen MR) is 140 cm³/mol. The van der Waals surface area contributed by atoms with Crippen LogP contribution in [0.4, 0.5) is 13.2 Å². The standard InChI is InChI=1S/C28H32F3N3O4S/c1-2-39(37,38)22-12-3-17(4-13-22)16-32-27(36)19-7-14-24-23(15-19)33-26(34(24)21-10-11-21)25(35)18-5-8-20(9-6-18)28(29,30)31/h3-4,7,12-15,18,20-21,25,35H,2,5-6,8-11,16H2,1H3,(H,32,36)/t18?,20?,25-/m0/s1. The number of alkyl halides is 3. The first-order valence-corrected chi connectivity index (χ1v) is 15.0. The van der Waals surface area contributed by atoms with Crippen molar-refractivity contribution in [3.63, 3.8) is 0 Å². The van der Waals surface area contributed by atoms with E-state index in [1.807, 2.05) is 4.57 Å². The highest BCUT2D eigenvalue weighted by molar-refractivity contribution is 7.91. The Morgan fingerprint density at radius 1 is 1.08 bits per heavy atom. The molecule has 0 bridgehead atoms. The lowest BCUT2D eigenvalue weighted by Gasteiger charge is -2.32. The Morgan fingerprint density at radius 3 is 2.33 bits per heavy atom. The molecule has 1 heterocycles. The van der Waals surface area contributed by atoms with Crippen LogP contribution in [0.15, 0.2) is 47.4 Å². The molecular formula is C28H32F3N3O4S. The quantitative estimate of drug-likeness (QED) is 0.377. The van der Waals surface area contributed by atoms with E-state index in [4.69, 9.17) is 0 Å². The molecule has 1 atom stereocenters. The molecule has 1 amide bonds. The number of fused-ring (bicyclic) bond motifs is 1. The summed E-state index contributed by atoms with van der Waals surface area (Å²) in [5.41, 5.74) is 2.49. The first-order chi connectivity index (χ1) is 18.5. The van der Waals surface area contributed by atoms with E-state index in [9.17, 15) is 31.5 Å². The number of carbonyl (C=O) groups excluding carboxylic acids is 1. The summed E-state index contributed by atoms with van der Waals surface area (Å²) in [7, 11) is -3.29. The Morgan fingerprint density at radius 2 is 1.74 bits per heavy atom.